The van der Waals surface area contributed by atoms with E-state index in [-0.39, 0.29) is 6.03 Å². The van der Waals surface area contributed by atoms with Gasteiger partial charge in [-0.05, 0) is 50.1 Å². The summed E-state index contributed by atoms with van der Waals surface area (Å²) in [6.07, 6.45) is 4.64. The Morgan fingerprint density at radius 3 is 2.59 bits per heavy atom. The molecule has 9 heteroatoms. The average molecular weight is 367 g/mol. The molecule has 9 nitrogen and oxygen atoms in total. The lowest BCUT2D eigenvalue weighted by Crippen LogP contribution is -2.33. The highest BCUT2D eigenvalue weighted by molar-refractivity contribution is 5.90. The molecular weight excluding hydrogens is 346 g/mol. The molecule has 0 saturated carbocycles. The van der Waals surface area contributed by atoms with Crippen molar-refractivity contribution in [1.82, 2.24) is 30.0 Å². The number of amides is 2. The first kappa shape index (κ1) is 18.3. The van der Waals surface area contributed by atoms with Crippen LogP contribution in [0.25, 0.3) is 5.95 Å². The molecule has 1 atom stereocenters. The summed E-state index contributed by atoms with van der Waals surface area (Å²) in [5, 5.41) is 9.85. The predicted molar refractivity (Wildman–Crippen MR) is 100.0 cm³/mol. The summed E-state index contributed by atoms with van der Waals surface area (Å²) in [4.78, 5) is 25.0. The number of nitrogens with zero attached hydrogens (tertiary/aromatic N) is 5. The maximum atomic E-state index is 12.4. The van der Waals surface area contributed by atoms with Gasteiger partial charge in [-0.15, -0.1) is 0 Å². The van der Waals surface area contributed by atoms with Gasteiger partial charge in [0.05, 0.1) is 13.2 Å². The first-order valence-corrected chi connectivity index (χ1v) is 8.39. The molecule has 2 amide bonds. The average Bonchev–Trinajstić information content (AvgIpc) is 3.15. The van der Waals surface area contributed by atoms with Gasteiger partial charge in [0.15, 0.2) is 5.82 Å². The third kappa shape index (κ3) is 4.02. The first-order chi connectivity index (χ1) is 13.0. The fraction of sp³-hybridized carbons (Fsp3) is 0.278. The summed E-state index contributed by atoms with van der Waals surface area (Å²) in [5.74, 6) is 1.70. The zero-order chi connectivity index (χ0) is 19.4. The number of benzene rings is 1. The fourth-order valence-corrected chi connectivity index (χ4v) is 2.66. The highest BCUT2D eigenvalue weighted by atomic mass is 16.5. The Morgan fingerprint density at radius 1 is 1.15 bits per heavy atom. The van der Waals surface area contributed by atoms with Gasteiger partial charge in [-0.2, -0.15) is 9.78 Å². The van der Waals surface area contributed by atoms with Crippen LogP contribution in [0.4, 0.5) is 10.5 Å². The van der Waals surface area contributed by atoms with Crippen LogP contribution in [0, 0.1) is 13.8 Å². The Labute approximate surface area is 156 Å². The number of urea groups is 1. The van der Waals surface area contributed by atoms with E-state index in [0.29, 0.717) is 17.5 Å². The van der Waals surface area contributed by atoms with Gasteiger partial charge in [0, 0.05) is 18.1 Å². The number of carbonyl (C=O) groups is 1. The molecule has 1 aromatic carbocycles. The fourth-order valence-electron chi connectivity index (χ4n) is 2.66. The van der Waals surface area contributed by atoms with Crippen molar-refractivity contribution >= 4 is 11.7 Å². The molecule has 27 heavy (non-hydrogen) atoms. The van der Waals surface area contributed by atoms with Gasteiger partial charge < -0.3 is 15.4 Å². The molecule has 0 spiro atoms. The molecule has 0 bridgehead atoms. The number of ether oxygens (including phenoxy) is 1. The van der Waals surface area contributed by atoms with Crippen LogP contribution < -0.4 is 15.4 Å². The van der Waals surface area contributed by atoms with Crippen LogP contribution in [-0.2, 0) is 0 Å². The Bertz CT molecular complexity index is 940. The summed E-state index contributed by atoms with van der Waals surface area (Å²) < 4.78 is 6.79. The maximum Gasteiger partial charge on any atom is 0.319 e. The molecule has 3 rings (SSSR count). The molecule has 0 aliphatic rings. The van der Waals surface area contributed by atoms with E-state index >= 15 is 0 Å². The topological polar surface area (TPSA) is 107 Å². The normalized spacial score (nSPS) is 11.7. The predicted octanol–water partition coefficient (Wildman–Crippen LogP) is 2.57. The second-order valence-electron chi connectivity index (χ2n) is 6.04. The van der Waals surface area contributed by atoms with Crippen molar-refractivity contribution in [2.45, 2.75) is 26.8 Å². The van der Waals surface area contributed by atoms with Crippen molar-refractivity contribution in [3.05, 3.63) is 53.9 Å². The molecule has 140 valence electrons. The minimum absolute atomic E-state index is 0.348. The minimum atomic E-state index is -0.407. The van der Waals surface area contributed by atoms with Crippen molar-refractivity contribution in [3.8, 4) is 11.7 Å². The Morgan fingerprint density at radius 2 is 1.89 bits per heavy atom. The van der Waals surface area contributed by atoms with Gasteiger partial charge in [-0.3, -0.25) is 0 Å². The van der Waals surface area contributed by atoms with Crippen molar-refractivity contribution in [2.75, 3.05) is 12.4 Å². The molecule has 0 aliphatic carbocycles. The van der Waals surface area contributed by atoms with Crippen LogP contribution >= 0.6 is 0 Å². The number of methoxy groups -OCH3 is 1. The van der Waals surface area contributed by atoms with Gasteiger partial charge in [-0.25, -0.2) is 19.7 Å². The monoisotopic (exact) mass is 367 g/mol. The van der Waals surface area contributed by atoms with Crippen LogP contribution in [0.2, 0.25) is 0 Å². The molecule has 0 fully saturated rings. The standard InChI is InChI=1S/C18H21N7O2/c1-11-9-15(27-4)12(2)8-14(11)24-18(26)23-13(3)16-21-10-22-25(16)17-19-6-5-7-20-17/h5-10,13H,1-4H3,(H2,23,24,26)/t13-/m0/s1. The zero-order valence-electron chi connectivity index (χ0n) is 15.6. The van der Waals surface area contributed by atoms with Crippen LogP contribution in [-0.4, -0.2) is 37.9 Å². The van der Waals surface area contributed by atoms with E-state index in [1.165, 1.54) is 11.0 Å². The lowest BCUT2D eigenvalue weighted by Gasteiger charge is -2.16. The van der Waals surface area contributed by atoms with Crippen molar-refractivity contribution in [3.63, 3.8) is 0 Å². The Balaban J connectivity index is 1.72. The largest absolute Gasteiger partial charge is 0.496 e. The van der Waals surface area contributed by atoms with E-state index < -0.39 is 6.04 Å². The van der Waals surface area contributed by atoms with Crippen LogP contribution in [0.1, 0.15) is 29.9 Å². The second kappa shape index (κ2) is 7.81. The van der Waals surface area contributed by atoms with E-state index in [9.17, 15) is 4.79 Å². The minimum Gasteiger partial charge on any atom is -0.496 e. The van der Waals surface area contributed by atoms with Crippen molar-refractivity contribution in [2.24, 2.45) is 0 Å². The number of hydrogen-bond acceptors (Lipinski definition) is 6. The van der Waals surface area contributed by atoms with E-state index in [1.54, 1.807) is 25.6 Å². The van der Waals surface area contributed by atoms with Crippen molar-refractivity contribution in [1.29, 1.82) is 0 Å². The Hall–Kier alpha value is -3.49. The van der Waals surface area contributed by atoms with E-state index in [2.05, 4.69) is 30.7 Å². The highest BCUT2D eigenvalue weighted by Crippen LogP contribution is 2.26. The van der Waals surface area contributed by atoms with Crippen molar-refractivity contribution < 1.29 is 9.53 Å². The van der Waals surface area contributed by atoms with Gasteiger partial charge in [-0.1, -0.05) is 0 Å². The first-order valence-electron chi connectivity index (χ1n) is 8.39. The molecule has 2 N–H and O–H groups in total. The SMILES string of the molecule is COc1cc(C)c(NC(=O)N[C@@H](C)c2ncnn2-c2ncccn2)cc1C. The molecule has 2 aromatic heterocycles. The van der Waals surface area contributed by atoms with Gasteiger partial charge in [0.1, 0.15) is 12.1 Å². The lowest BCUT2D eigenvalue weighted by molar-refractivity contribution is 0.248. The third-order valence-electron chi connectivity index (χ3n) is 4.04. The second-order valence-corrected chi connectivity index (χ2v) is 6.04. The summed E-state index contributed by atoms with van der Waals surface area (Å²) in [6.45, 7) is 5.64. The number of hydrogen-bond donors (Lipinski definition) is 2. The number of aromatic nitrogens is 5. The van der Waals surface area contributed by atoms with E-state index in [0.717, 1.165) is 16.9 Å². The molecule has 0 unspecified atom stereocenters. The van der Waals surface area contributed by atoms with Crippen LogP contribution in [0.15, 0.2) is 36.9 Å². The smallest absolute Gasteiger partial charge is 0.319 e. The summed E-state index contributed by atoms with van der Waals surface area (Å²) >= 11 is 0. The summed E-state index contributed by atoms with van der Waals surface area (Å²) in [5.41, 5.74) is 2.55. The molecular formula is C18H21N7O2. The van der Waals surface area contributed by atoms with Crippen LogP contribution in [0.3, 0.4) is 0 Å². The Kier molecular flexibility index (Phi) is 5.30. The molecule has 3 aromatic rings. The quantitative estimate of drug-likeness (QED) is 0.718. The lowest BCUT2D eigenvalue weighted by atomic mass is 10.1. The number of rotatable bonds is 5. The summed E-state index contributed by atoms with van der Waals surface area (Å²) in [7, 11) is 1.62. The molecule has 0 saturated heterocycles. The van der Waals surface area contributed by atoms with Crippen LogP contribution in [0.5, 0.6) is 5.75 Å². The molecule has 0 radical (unpaired) electrons. The van der Waals surface area contributed by atoms with Gasteiger partial charge in [0.25, 0.3) is 5.95 Å². The molecule has 0 aliphatic heterocycles. The number of nitrogens with one attached hydrogen (secondary N) is 2. The number of carbonyl (C=O) groups excluding carboxylic acids is 1. The van der Waals surface area contributed by atoms with E-state index in [4.69, 9.17) is 4.74 Å². The number of aryl methyl sites for hydroxylation is 2. The number of anilines is 1. The highest BCUT2D eigenvalue weighted by Gasteiger charge is 2.18. The van der Waals surface area contributed by atoms with E-state index in [1.807, 2.05) is 32.9 Å². The summed E-state index contributed by atoms with van der Waals surface area (Å²) in [6, 6.07) is 4.72. The molecule has 2 heterocycles. The van der Waals surface area contributed by atoms with Gasteiger partial charge >= 0.3 is 6.03 Å². The third-order valence-corrected chi connectivity index (χ3v) is 4.04. The van der Waals surface area contributed by atoms with Gasteiger partial charge in [0.2, 0.25) is 0 Å². The zero-order valence-corrected chi connectivity index (χ0v) is 15.6. The maximum absolute atomic E-state index is 12.4.